The Bertz CT molecular complexity index is 858. The van der Waals surface area contributed by atoms with Crippen LogP contribution in [0.15, 0.2) is 54.9 Å². The Kier molecular flexibility index (Phi) is 3.34. The number of carbonyl (C=O) groups excluding carboxylic acids is 2. The summed E-state index contributed by atoms with van der Waals surface area (Å²) in [6.45, 7) is 0. The number of carbonyl (C=O) groups is 2. The van der Waals surface area contributed by atoms with Crippen molar-refractivity contribution >= 4 is 33.6 Å². The number of nitrogens with one attached hydrogen (secondary N) is 1. The van der Waals surface area contributed by atoms with Gasteiger partial charge in [0.2, 0.25) is 0 Å². The lowest BCUT2D eigenvalue weighted by molar-refractivity contribution is -0.123. The van der Waals surface area contributed by atoms with E-state index in [4.69, 9.17) is 0 Å². The number of amides is 2. The third-order valence-electron chi connectivity index (χ3n) is 2.90. The van der Waals surface area contributed by atoms with Gasteiger partial charge in [0.15, 0.2) is 0 Å². The van der Waals surface area contributed by atoms with Crippen LogP contribution in [0.25, 0.3) is 21.8 Å². The molecule has 0 atom stereocenters. The van der Waals surface area contributed by atoms with Crippen LogP contribution < -0.4 is 5.32 Å². The predicted molar refractivity (Wildman–Crippen MR) is 77.1 cm³/mol. The lowest BCUT2D eigenvalue weighted by Gasteiger charge is -1.91. The minimum atomic E-state index is -0.329. The van der Waals surface area contributed by atoms with Crippen molar-refractivity contribution in [3.63, 3.8) is 0 Å². The van der Waals surface area contributed by atoms with Crippen molar-refractivity contribution in [1.29, 1.82) is 0 Å². The van der Waals surface area contributed by atoms with E-state index in [1.54, 1.807) is 12.4 Å². The fourth-order valence-electron chi connectivity index (χ4n) is 1.96. The van der Waals surface area contributed by atoms with Crippen molar-refractivity contribution in [2.24, 2.45) is 0 Å². The van der Waals surface area contributed by atoms with Crippen molar-refractivity contribution < 1.29 is 9.59 Å². The zero-order chi connectivity index (χ0) is 14.7. The number of fused-ring (bicyclic) bond motifs is 3. The van der Waals surface area contributed by atoms with Gasteiger partial charge < -0.3 is 0 Å². The summed E-state index contributed by atoms with van der Waals surface area (Å²) >= 11 is 0. The molecule has 2 amide bonds. The van der Waals surface area contributed by atoms with Crippen LogP contribution in [0.1, 0.15) is 0 Å². The summed E-state index contributed by atoms with van der Waals surface area (Å²) in [5.41, 5.74) is 1.88. The molecule has 0 saturated heterocycles. The molecule has 1 aliphatic rings. The van der Waals surface area contributed by atoms with E-state index in [0.29, 0.717) is 0 Å². The Morgan fingerprint density at radius 2 is 1.71 bits per heavy atom. The number of aromatic nitrogens is 3. The van der Waals surface area contributed by atoms with Crippen LogP contribution in [0.4, 0.5) is 0 Å². The summed E-state index contributed by atoms with van der Waals surface area (Å²) in [7, 11) is 0. The second kappa shape index (κ2) is 5.46. The topological polar surface area (TPSA) is 84.8 Å². The standard InChI is InChI=1S/C11H7N3.C4H3NO2/c1-2-8-3-4-10-9(5-7-12-10)11(8)14-13-6-1;6-3-1-2-4(7)5-3/h1-7H;1-2H,(H,5,6,7). The number of hydrogen-bond acceptors (Lipinski definition) is 5. The minimum absolute atomic E-state index is 0.329. The van der Waals surface area contributed by atoms with Gasteiger partial charge in [0, 0.05) is 35.3 Å². The summed E-state index contributed by atoms with van der Waals surface area (Å²) in [5, 5.41) is 12.3. The zero-order valence-electron chi connectivity index (χ0n) is 10.9. The lowest BCUT2D eigenvalue weighted by Crippen LogP contribution is -2.19. The van der Waals surface area contributed by atoms with Gasteiger partial charge in [0.05, 0.1) is 5.52 Å². The summed E-state index contributed by atoms with van der Waals surface area (Å²) < 4.78 is 0. The molecule has 1 N–H and O–H groups in total. The van der Waals surface area contributed by atoms with Gasteiger partial charge in [0.25, 0.3) is 11.8 Å². The Morgan fingerprint density at radius 1 is 0.905 bits per heavy atom. The van der Waals surface area contributed by atoms with Crippen molar-refractivity contribution in [3.8, 4) is 0 Å². The van der Waals surface area contributed by atoms with Crippen LogP contribution >= 0.6 is 0 Å². The fourth-order valence-corrected chi connectivity index (χ4v) is 1.96. The van der Waals surface area contributed by atoms with Gasteiger partial charge in [-0.05, 0) is 18.2 Å². The molecule has 0 bridgehead atoms. The molecule has 0 unspecified atom stereocenters. The van der Waals surface area contributed by atoms with Crippen molar-refractivity contribution in [1.82, 2.24) is 20.5 Å². The normalized spacial score (nSPS) is 13.1. The van der Waals surface area contributed by atoms with Gasteiger partial charge in [-0.15, -0.1) is 5.10 Å². The largest absolute Gasteiger partial charge is 0.289 e. The van der Waals surface area contributed by atoms with Gasteiger partial charge in [-0.25, -0.2) is 0 Å². The highest BCUT2D eigenvalue weighted by atomic mass is 16.2. The van der Waals surface area contributed by atoms with Crippen molar-refractivity contribution in [2.75, 3.05) is 0 Å². The summed E-state index contributed by atoms with van der Waals surface area (Å²) in [4.78, 5) is 24.3. The van der Waals surface area contributed by atoms with Crippen LogP contribution in [0.2, 0.25) is 0 Å². The second-order valence-corrected chi connectivity index (χ2v) is 4.29. The first kappa shape index (κ1) is 12.9. The highest BCUT2D eigenvalue weighted by Crippen LogP contribution is 2.20. The van der Waals surface area contributed by atoms with E-state index < -0.39 is 0 Å². The van der Waals surface area contributed by atoms with E-state index in [1.165, 1.54) is 12.2 Å². The third-order valence-corrected chi connectivity index (χ3v) is 2.90. The average Bonchev–Trinajstić information content (AvgIpc) is 3.02. The number of rotatable bonds is 0. The molecule has 6 heteroatoms. The monoisotopic (exact) mass is 278 g/mol. The molecule has 0 spiro atoms. The lowest BCUT2D eigenvalue weighted by atomic mass is 10.2. The maximum atomic E-state index is 10.0. The van der Waals surface area contributed by atoms with Gasteiger partial charge in [-0.3, -0.25) is 19.9 Å². The molecule has 4 rings (SSSR count). The van der Waals surface area contributed by atoms with E-state index in [1.807, 2.05) is 35.6 Å². The summed E-state index contributed by atoms with van der Waals surface area (Å²) in [5.74, 6) is -0.657. The first-order valence-electron chi connectivity index (χ1n) is 6.22. The molecule has 102 valence electrons. The van der Waals surface area contributed by atoms with E-state index in [9.17, 15) is 9.59 Å². The maximum absolute atomic E-state index is 10.0. The molecule has 1 aromatic carbocycles. The molecule has 0 saturated carbocycles. The molecule has 2 aromatic heterocycles. The van der Waals surface area contributed by atoms with Gasteiger partial charge in [0.1, 0.15) is 5.52 Å². The van der Waals surface area contributed by atoms with Crippen LogP contribution in [-0.4, -0.2) is 27.0 Å². The molecule has 3 heterocycles. The van der Waals surface area contributed by atoms with Crippen LogP contribution in [0, 0.1) is 0 Å². The van der Waals surface area contributed by atoms with Gasteiger partial charge >= 0.3 is 0 Å². The molecule has 21 heavy (non-hydrogen) atoms. The molecular formula is C15H10N4O2. The first-order valence-corrected chi connectivity index (χ1v) is 6.22. The van der Waals surface area contributed by atoms with E-state index in [0.717, 1.165) is 21.8 Å². The van der Waals surface area contributed by atoms with E-state index >= 15 is 0 Å². The third kappa shape index (κ3) is 2.74. The summed E-state index contributed by atoms with van der Waals surface area (Å²) in [6, 6.07) is 9.87. The number of benzene rings is 1. The van der Waals surface area contributed by atoms with E-state index in [-0.39, 0.29) is 11.8 Å². The second-order valence-electron chi connectivity index (χ2n) is 4.29. The number of imide groups is 1. The molecule has 1 aliphatic heterocycles. The van der Waals surface area contributed by atoms with Crippen molar-refractivity contribution in [3.05, 3.63) is 54.9 Å². The van der Waals surface area contributed by atoms with E-state index in [2.05, 4.69) is 15.2 Å². The van der Waals surface area contributed by atoms with Crippen LogP contribution in [0.5, 0.6) is 0 Å². The van der Waals surface area contributed by atoms with Crippen LogP contribution in [-0.2, 0) is 9.59 Å². The number of hydrogen-bond donors (Lipinski definition) is 1. The zero-order valence-corrected chi connectivity index (χ0v) is 10.9. The maximum Gasteiger partial charge on any atom is 0.250 e. The molecule has 0 radical (unpaired) electrons. The predicted octanol–water partition coefficient (Wildman–Crippen LogP) is 1.38. The van der Waals surface area contributed by atoms with Crippen molar-refractivity contribution in [2.45, 2.75) is 0 Å². The molecule has 3 aromatic rings. The minimum Gasteiger partial charge on any atom is -0.289 e. The highest BCUT2D eigenvalue weighted by Gasteiger charge is 2.06. The van der Waals surface area contributed by atoms with Crippen LogP contribution in [0.3, 0.4) is 0 Å². The fraction of sp³-hybridized carbons (Fsp3) is 0. The SMILES string of the molecule is O=C1C=CC(=O)N1.c1cnnc2c(c1)ccc1nccc12. The number of nitrogens with zero attached hydrogens (tertiary/aromatic N) is 3. The highest BCUT2D eigenvalue weighted by molar-refractivity contribution is 6.12. The molecule has 0 aliphatic carbocycles. The Balaban J connectivity index is 0.000000160. The molecular weight excluding hydrogens is 268 g/mol. The van der Waals surface area contributed by atoms with Gasteiger partial charge in [-0.2, -0.15) is 5.10 Å². The molecule has 6 nitrogen and oxygen atoms in total. The Hall–Kier alpha value is -3.15. The smallest absolute Gasteiger partial charge is 0.250 e. The Morgan fingerprint density at radius 3 is 2.43 bits per heavy atom. The summed E-state index contributed by atoms with van der Waals surface area (Å²) in [6.07, 6.45) is 5.87. The molecule has 0 fully saturated rings. The quantitative estimate of drug-likeness (QED) is 0.628. The Labute approximate surface area is 119 Å². The van der Waals surface area contributed by atoms with Gasteiger partial charge in [-0.1, -0.05) is 12.1 Å². The average molecular weight is 278 g/mol. The first-order chi connectivity index (χ1) is 10.2.